The second-order valence-corrected chi connectivity index (χ2v) is 3.43. The fourth-order valence-corrected chi connectivity index (χ4v) is 1.08. The van der Waals surface area contributed by atoms with Gasteiger partial charge in [0, 0.05) is 7.05 Å². The zero-order chi connectivity index (χ0) is 9.42. The van der Waals surface area contributed by atoms with Gasteiger partial charge >= 0.3 is 5.97 Å². The van der Waals surface area contributed by atoms with E-state index in [1.54, 1.807) is 6.20 Å². The lowest BCUT2D eigenvalue weighted by atomic mass is 10.4. The van der Waals surface area contributed by atoms with E-state index in [1.807, 2.05) is 18.5 Å². The van der Waals surface area contributed by atoms with E-state index in [0.29, 0.717) is 5.88 Å². The first-order valence-corrected chi connectivity index (χ1v) is 4.38. The monoisotopic (exact) mass is 180 g/mol. The Morgan fingerprint density at radius 1 is 1.69 bits per heavy atom. The zero-order valence-electron chi connectivity index (χ0n) is 7.78. The van der Waals surface area contributed by atoms with Crippen LogP contribution < -0.4 is 4.74 Å². The van der Waals surface area contributed by atoms with Gasteiger partial charge in [0.25, 0.3) is 0 Å². The minimum Gasteiger partial charge on any atom is -0.406 e. The van der Waals surface area contributed by atoms with Crippen LogP contribution in [0.15, 0.2) is 6.20 Å². The molecule has 2 rings (SSSR count). The van der Waals surface area contributed by atoms with Crippen molar-refractivity contribution in [1.82, 2.24) is 9.55 Å². The number of aryl methyl sites for hydroxylation is 2. The van der Waals surface area contributed by atoms with Gasteiger partial charge in [-0.2, -0.15) is 4.98 Å². The third-order valence-electron chi connectivity index (χ3n) is 2.20. The molecule has 0 amide bonds. The molecule has 1 aromatic heterocycles. The molecule has 0 aromatic carbocycles. The maximum Gasteiger partial charge on any atom is 0.315 e. The number of imidazole rings is 1. The summed E-state index contributed by atoms with van der Waals surface area (Å²) < 4.78 is 6.90. The minimum absolute atomic E-state index is 0.127. The lowest BCUT2D eigenvalue weighted by Crippen LogP contribution is -2.09. The summed E-state index contributed by atoms with van der Waals surface area (Å²) in [5, 5.41) is 0. The number of hydrogen-bond acceptors (Lipinski definition) is 3. The van der Waals surface area contributed by atoms with E-state index in [4.69, 9.17) is 4.74 Å². The van der Waals surface area contributed by atoms with E-state index in [9.17, 15) is 4.79 Å². The predicted molar refractivity (Wildman–Crippen MR) is 46.3 cm³/mol. The van der Waals surface area contributed by atoms with Crippen LogP contribution in [0, 0.1) is 12.8 Å². The fourth-order valence-electron chi connectivity index (χ4n) is 1.08. The molecule has 0 spiro atoms. The molecule has 0 N–H and O–H groups in total. The van der Waals surface area contributed by atoms with Gasteiger partial charge in [-0.3, -0.25) is 4.79 Å². The zero-order valence-corrected chi connectivity index (χ0v) is 7.78. The molecule has 1 saturated carbocycles. The van der Waals surface area contributed by atoms with Gasteiger partial charge in [0.2, 0.25) is 5.88 Å². The number of ether oxygens (including phenoxy) is 1. The molecule has 13 heavy (non-hydrogen) atoms. The van der Waals surface area contributed by atoms with Crippen molar-refractivity contribution in [2.24, 2.45) is 13.0 Å². The third-order valence-corrected chi connectivity index (χ3v) is 2.20. The first kappa shape index (κ1) is 8.29. The highest BCUT2D eigenvalue weighted by molar-refractivity contribution is 5.76. The van der Waals surface area contributed by atoms with Crippen LogP contribution in [0.2, 0.25) is 0 Å². The number of rotatable bonds is 2. The van der Waals surface area contributed by atoms with Crippen molar-refractivity contribution in [3.05, 3.63) is 12.0 Å². The second-order valence-electron chi connectivity index (χ2n) is 3.43. The average molecular weight is 180 g/mol. The molecule has 0 bridgehead atoms. The molecule has 1 fully saturated rings. The Hall–Kier alpha value is -1.32. The van der Waals surface area contributed by atoms with Crippen molar-refractivity contribution in [3.8, 4) is 5.88 Å². The SMILES string of the molecule is Cc1nc(OC(=O)C2CC2)cn1C. The number of carbonyl (C=O) groups excluding carboxylic acids is 1. The van der Waals surface area contributed by atoms with Crippen molar-refractivity contribution in [1.29, 1.82) is 0 Å². The molecule has 4 heteroatoms. The minimum atomic E-state index is -0.141. The first-order chi connectivity index (χ1) is 6.16. The van der Waals surface area contributed by atoms with Crippen molar-refractivity contribution in [2.45, 2.75) is 19.8 Å². The largest absolute Gasteiger partial charge is 0.406 e. The van der Waals surface area contributed by atoms with Crippen LogP contribution in [0.1, 0.15) is 18.7 Å². The second kappa shape index (κ2) is 2.87. The molecule has 70 valence electrons. The number of hydrogen-bond donors (Lipinski definition) is 0. The molecular weight excluding hydrogens is 168 g/mol. The molecule has 1 aliphatic rings. The molecule has 0 radical (unpaired) electrons. The van der Waals surface area contributed by atoms with Crippen LogP contribution in [0.5, 0.6) is 5.88 Å². The molecule has 4 nitrogen and oxygen atoms in total. The number of aromatic nitrogens is 2. The maximum absolute atomic E-state index is 11.2. The smallest absolute Gasteiger partial charge is 0.315 e. The standard InChI is InChI=1S/C9H12N2O2/c1-6-10-8(5-11(6)2)13-9(12)7-3-4-7/h5,7H,3-4H2,1-2H3. The van der Waals surface area contributed by atoms with Gasteiger partial charge in [-0.25, -0.2) is 0 Å². The van der Waals surface area contributed by atoms with E-state index >= 15 is 0 Å². The quantitative estimate of drug-likeness (QED) is 0.639. The van der Waals surface area contributed by atoms with Crippen LogP contribution in [-0.2, 0) is 11.8 Å². The molecule has 0 aliphatic heterocycles. The summed E-state index contributed by atoms with van der Waals surface area (Å²) >= 11 is 0. The summed E-state index contributed by atoms with van der Waals surface area (Å²) in [4.78, 5) is 15.3. The number of nitrogens with zero attached hydrogens (tertiary/aromatic N) is 2. The van der Waals surface area contributed by atoms with Gasteiger partial charge in [0.1, 0.15) is 5.82 Å². The molecule has 0 atom stereocenters. The number of carbonyl (C=O) groups is 1. The molecule has 0 unspecified atom stereocenters. The average Bonchev–Trinajstić information content (AvgIpc) is 2.81. The van der Waals surface area contributed by atoms with E-state index < -0.39 is 0 Å². The van der Waals surface area contributed by atoms with Gasteiger partial charge in [-0.15, -0.1) is 0 Å². The molecule has 0 saturated heterocycles. The summed E-state index contributed by atoms with van der Waals surface area (Å²) in [7, 11) is 1.87. The van der Waals surface area contributed by atoms with Crippen molar-refractivity contribution in [2.75, 3.05) is 0 Å². The summed E-state index contributed by atoms with van der Waals surface area (Å²) in [5.74, 6) is 1.25. The Morgan fingerprint density at radius 2 is 2.38 bits per heavy atom. The highest BCUT2D eigenvalue weighted by Gasteiger charge is 2.32. The Labute approximate surface area is 76.5 Å². The first-order valence-electron chi connectivity index (χ1n) is 4.38. The summed E-state index contributed by atoms with van der Waals surface area (Å²) in [6.07, 6.45) is 3.64. The molecular formula is C9H12N2O2. The third kappa shape index (κ3) is 1.71. The van der Waals surface area contributed by atoms with Crippen molar-refractivity contribution < 1.29 is 9.53 Å². The maximum atomic E-state index is 11.2. The van der Waals surface area contributed by atoms with Crippen LogP contribution >= 0.6 is 0 Å². The summed E-state index contributed by atoms with van der Waals surface area (Å²) in [5.41, 5.74) is 0. The van der Waals surface area contributed by atoms with Crippen LogP contribution in [0.25, 0.3) is 0 Å². The van der Waals surface area contributed by atoms with Crippen LogP contribution in [0.4, 0.5) is 0 Å². The molecule has 1 heterocycles. The van der Waals surface area contributed by atoms with E-state index in [0.717, 1.165) is 18.7 Å². The van der Waals surface area contributed by atoms with E-state index in [1.165, 1.54) is 0 Å². The summed E-state index contributed by atoms with van der Waals surface area (Å²) in [6.45, 7) is 1.87. The lowest BCUT2D eigenvalue weighted by molar-refractivity contribution is -0.136. The highest BCUT2D eigenvalue weighted by Crippen LogP contribution is 2.30. The van der Waals surface area contributed by atoms with E-state index in [-0.39, 0.29) is 11.9 Å². The van der Waals surface area contributed by atoms with Gasteiger partial charge in [-0.1, -0.05) is 0 Å². The van der Waals surface area contributed by atoms with Gasteiger partial charge in [-0.05, 0) is 19.8 Å². The highest BCUT2D eigenvalue weighted by atomic mass is 16.5. The van der Waals surface area contributed by atoms with E-state index in [2.05, 4.69) is 4.98 Å². The van der Waals surface area contributed by atoms with Crippen molar-refractivity contribution >= 4 is 5.97 Å². The number of esters is 1. The Kier molecular flexibility index (Phi) is 1.83. The Morgan fingerprint density at radius 3 is 2.85 bits per heavy atom. The van der Waals surface area contributed by atoms with Gasteiger partial charge in [0.05, 0.1) is 12.1 Å². The molecule has 1 aromatic rings. The van der Waals surface area contributed by atoms with Crippen molar-refractivity contribution in [3.63, 3.8) is 0 Å². The Bertz CT molecular complexity index is 320. The summed E-state index contributed by atoms with van der Waals surface area (Å²) in [6, 6.07) is 0. The molecule has 1 aliphatic carbocycles. The van der Waals surface area contributed by atoms with Gasteiger partial charge < -0.3 is 9.30 Å². The van der Waals surface area contributed by atoms with Gasteiger partial charge in [0.15, 0.2) is 0 Å². The topological polar surface area (TPSA) is 44.1 Å². The normalized spacial score (nSPS) is 15.8. The predicted octanol–water partition coefficient (Wildman–Crippen LogP) is 1.04. The van der Waals surface area contributed by atoms with Crippen LogP contribution in [0.3, 0.4) is 0 Å². The Balaban J connectivity index is 2.04. The fraction of sp³-hybridized carbons (Fsp3) is 0.556. The van der Waals surface area contributed by atoms with Crippen LogP contribution in [-0.4, -0.2) is 15.5 Å². The lowest BCUT2D eigenvalue weighted by Gasteiger charge is -1.96.